The van der Waals surface area contributed by atoms with E-state index in [1.807, 2.05) is 19.3 Å². The number of carbonyl (C=O) groups is 1. The highest BCUT2D eigenvalue weighted by molar-refractivity contribution is 7.10. The maximum atomic E-state index is 12.2. The van der Waals surface area contributed by atoms with Crippen LogP contribution in [0.2, 0.25) is 0 Å². The predicted molar refractivity (Wildman–Crippen MR) is 102 cm³/mol. The standard InChI is InChI=1S/C16H20N8O2S/c1-24(13-11-5-6-17-12(11)18-8-19-13)10-4-3-9(7-10)20-14(25)21-16-22-15(26-2)23-27-16/h5-6,8-10H,3-4,7H2,1-2H3,(H,17,18,19)(H2,20,21,22,23,25)/t9-,10+/m1/s1. The Bertz CT molecular complexity index is 941. The highest BCUT2D eigenvalue weighted by atomic mass is 32.1. The van der Waals surface area contributed by atoms with Crippen molar-refractivity contribution in [1.29, 1.82) is 0 Å². The first-order valence-corrected chi connectivity index (χ1v) is 9.37. The molecule has 2 atom stereocenters. The number of aromatic nitrogens is 5. The molecule has 0 saturated heterocycles. The van der Waals surface area contributed by atoms with Gasteiger partial charge in [-0.25, -0.2) is 14.8 Å². The normalized spacial score (nSPS) is 19.2. The van der Waals surface area contributed by atoms with E-state index in [-0.39, 0.29) is 18.1 Å². The lowest BCUT2D eigenvalue weighted by atomic mass is 10.2. The number of ether oxygens (including phenoxy) is 1. The van der Waals surface area contributed by atoms with Gasteiger partial charge in [0.1, 0.15) is 17.8 Å². The molecule has 27 heavy (non-hydrogen) atoms. The first-order valence-electron chi connectivity index (χ1n) is 8.60. The summed E-state index contributed by atoms with van der Waals surface area (Å²) in [5, 5.41) is 7.11. The molecule has 1 fully saturated rings. The summed E-state index contributed by atoms with van der Waals surface area (Å²) in [6, 6.07) is 2.34. The first kappa shape index (κ1) is 17.5. The smallest absolute Gasteiger partial charge is 0.329 e. The molecule has 4 rings (SSSR count). The number of rotatable bonds is 5. The van der Waals surface area contributed by atoms with Crippen molar-refractivity contribution in [3.63, 3.8) is 0 Å². The Balaban J connectivity index is 1.35. The van der Waals surface area contributed by atoms with Crippen LogP contribution in [0.25, 0.3) is 11.0 Å². The largest absolute Gasteiger partial charge is 0.466 e. The van der Waals surface area contributed by atoms with Crippen LogP contribution in [-0.2, 0) is 0 Å². The maximum absolute atomic E-state index is 12.2. The number of hydrogen-bond acceptors (Lipinski definition) is 8. The monoisotopic (exact) mass is 388 g/mol. The van der Waals surface area contributed by atoms with E-state index < -0.39 is 0 Å². The van der Waals surface area contributed by atoms with Crippen LogP contribution in [-0.4, -0.2) is 56.6 Å². The molecule has 10 nitrogen and oxygen atoms in total. The van der Waals surface area contributed by atoms with E-state index in [1.54, 1.807) is 6.33 Å². The van der Waals surface area contributed by atoms with Gasteiger partial charge in [-0.05, 0) is 25.3 Å². The Hall–Kier alpha value is -2.95. The van der Waals surface area contributed by atoms with Crippen LogP contribution in [0.15, 0.2) is 18.6 Å². The second kappa shape index (κ2) is 7.35. The van der Waals surface area contributed by atoms with Crippen molar-refractivity contribution in [2.45, 2.75) is 31.3 Å². The van der Waals surface area contributed by atoms with E-state index in [1.165, 1.54) is 7.11 Å². The van der Waals surface area contributed by atoms with Gasteiger partial charge in [0.25, 0.3) is 0 Å². The van der Waals surface area contributed by atoms with Gasteiger partial charge in [-0.1, -0.05) is 0 Å². The molecule has 142 valence electrons. The number of aromatic amines is 1. The summed E-state index contributed by atoms with van der Waals surface area (Å²) in [6.07, 6.45) is 6.16. The van der Waals surface area contributed by atoms with Crippen LogP contribution in [0.3, 0.4) is 0 Å². The van der Waals surface area contributed by atoms with Gasteiger partial charge in [-0.2, -0.15) is 4.98 Å². The molecule has 0 aromatic carbocycles. The van der Waals surface area contributed by atoms with Gasteiger partial charge >= 0.3 is 12.0 Å². The van der Waals surface area contributed by atoms with Crippen LogP contribution in [0.1, 0.15) is 19.3 Å². The zero-order valence-electron chi connectivity index (χ0n) is 15.0. The van der Waals surface area contributed by atoms with Gasteiger partial charge in [0, 0.05) is 36.9 Å². The SMILES string of the molecule is COc1nsc(NC(=O)N[C@@H]2CC[C@H](N(C)c3ncnc4[nH]ccc34)C2)n1. The van der Waals surface area contributed by atoms with Crippen LogP contribution < -0.4 is 20.3 Å². The number of methoxy groups -OCH3 is 1. The lowest BCUT2D eigenvalue weighted by Gasteiger charge is -2.26. The highest BCUT2D eigenvalue weighted by Crippen LogP contribution is 2.30. The van der Waals surface area contributed by atoms with Crippen molar-refractivity contribution in [2.24, 2.45) is 0 Å². The van der Waals surface area contributed by atoms with Crippen molar-refractivity contribution >= 4 is 39.5 Å². The summed E-state index contributed by atoms with van der Waals surface area (Å²) in [5.74, 6) is 0.900. The van der Waals surface area contributed by atoms with E-state index in [4.69, 9.17) is 4.74 Å². The molecular formula is C16H20N8O2S. The van der Waals surface area contributed by atoms with Gasteiger partial charge in [-0.15, -0.1) is 4.37 Å². The molecule has 1 aliphatic carbocycles. The summed E-state index contributed by atoms with van der Waals surface area (Å²) < 4.78 is 8.87. The van der Waals surface area contributed by atoms with Crippen molar-refractivity contribution in [3.8, 4) is 6.01 Å². The van der Waals surface area contributed by atoms with Gasteiger partial charge in [-0.3, -0.25) is 5.32 Å². The number of H-pyrrole nitrogens is 1. The third-order valence-electron chi connectivity index (χ3n) is 4.77. The summed E-state index contributed by atoms with van der Waals surface area (Å²) in [5.41, 5.74) is 0.825. The number of urea groups is 1. The lowest BCUT2D eigenvalue weighted by molar-refractivity contribution is 0.248. The minimum Gasteiger partial charge on any atom is -0.466 e. The minimum atomic E-state index is -0.280. The maximum Gasteiger partial charge on any atom is 0.329 e. The van der Waals surface area contributed by atoms with E-state index >= 15 is 0 Å². The molecule has 0 bridgehead atoms. The molecule has 0 aliphatic heterocycles. The fourth-order valence-electron chi connectivity index (χ4n) is 3.42. The van der Waals surface area contributed by atoms with Crippen molar-refractivity contribution in [2.75, 3.05) is 24.4 Å². The number of nitrogens with one attached hydrogen (secondary N) is 3. The number of amides is 2. The Morgan fingerprint density at radius 1 is 1.41 bits per heavy atom. The fraction of sp³-hybridized carbons (Fsp3) is 0.438. The molecule has 2 amide bonds. The second-order valence-electron chi connectivity index (χ2n) is 6.40. The fourth-order valence-corrected chi connectivity index (χ4v) is 3.95. The van der Waals surface area contributed by atoms with Gasteiger partial charge in [0.15, 0.2) is 0 Å². The molecule has 0 spiro atoms. The van der Waals surface area contributed by atoms with Crippen molar-refractivity contribution in [1.82, 2.24) is 29.6 Å². The summed E-state index contributed by atoms with van der Waals surface area (Å²) >= 11 is 1.08. The van der Waals surface area contributed by atoms with Gasteiger partial charge in [0.05, 0.1) is 12.5 Å². The van der Waals surface area contributed by atoms with E-state index in [0.29, 0.717) is 11.2 Å². The summed E-state index contributed by atoms with van der Waals surface area (Å²) in [4.78, 5) is 30.2. The number of carbonyl (C=O) groups excluding carboxylic acids is 1. The molecule has 1 saturated carbocycles. The Kier molecular flexibility index (Phi) is 4.75. The predicted octanol–water partition coefficient (Wildman–Crippen LogP) is 2.00. The summed E-state index contributed by atoms with van der Waals surface area (Å²) in [7, 11) is 3.52. The van der Waals surface area contributed by atoms with Crippen LogP contribution in [0.5, 0.6) is 6.01 Å². The van der Waals surface area contributed by atoms with Crippen molar-refractivity contribution in [3.05, 3.63) is 18.6 Å². The average Bonchev–Trinajstić information content (AvgIpc) is 3.41. The molecule has 3 heterocycles. The number of fused-ring (bicyclic) bond motifs is 1. The highest BCUT2D eigenvalue weighted by Gasteiger charge is 2.30. The molecule has 11 heteroatoms. The molecule has 0 radical (unpaired) electrons. The zero-order valence-corrected chi connectivity index (χ0v) is 15.8. The van der Waals surface area contributed by atoms with Crippen LogP contribution in [0.4, 0.5) is 15.7 Å². The quantitative estimate of drug-likeness (QED) is 0.611. The van der Waals surface area contributed by atoms with Crippen molar-refractivity contribution < 1.29 is 9.53 Å². The lowest BCUT2D eigenvalue weighted by Crippen LogP contribution is -2.38. The number of anilines is 2. The minimum absolute atomic E-state index is 0.0934. The van der Waals surface area contributed by atoms with Gasteiger partial charge in [0.2, 0.25) is 5.13 Å². The van der Waals surface area contributed by atoms with E-state index in [2.05, 4.69) is 39.8 Å². The molecule has 3 N–H and O–H groups in total. The molecule has 3 aromatic rings. The summed E-state index contributed by atoms with van der Waals surface area (Å²) in [6.45, 7) is 0. The van der Waals surface area contributed by atoms with Crippen LogP contribution in [0, 0.1) is 0 Å². The Labute approximate surface area is 159 Å². The Morgan fingerprint density at radius 2 is 2.30 bits per heavy atom. The molecule has 0 unspecified atom stereocenters. The first-order chi connectivity index (χ1) is 13.1. The Morgan fingerprint density at radius 3 is 3.11 bits per heavy atom. The number of nitrogens with zero attached hydrogens (tertiary/aromatic N) is 5. The molecule has 3 aromatic heterocycles. The topological polar surface area (TPSA) is 121 Å². The average molecular weight is 388 g/mol. The van der Waals surface area contributed by atoms with Crippen LogP contribution >= 0.6 is 11.5 Å². The third kappa shape index (κ3) is 3.63. The number of hydrogen-bond donors (Lipinski definition) is 3. The molecule has 1 aliphatic rings. The second-order valence-corrected chi connectivity index (χ2v) is 7.15. The third-order valence-corrected chi connectivity index (χ3v) is 5.38. The zero-order chi connectivity index (χ0) is 18.8. The van der Waals surface area contributed by atoms with Gasteiger partial charge < -0.3 is 19.9 Å². The van der Waals surface area contributed by atoms with E-state index in [0.717, 1.165) is 47.6 Å². The molecular weight excluding hydrogens is 368 g/mol. The van der Waals surface area contributed by atoms with E-state index in [9.17, 15) is 4.79 Å².